The lowest BCUT2D eigenvalue weighted by molar-refractivity contribution is 0.414. The van der Waals surface area contributed by atoms with E-state index >= 15 is 0 Å². The van der Waals surface area contributed by atoms with Gasteiger partial charge in [0.2, 0.25) is 0 Å². The van der Waals surface area contributed by atoms with Crippen molar-refractivity contribution < 1.29 is 9.47 Å². The first kappa shape index (κ1) is 25.2. The van der Waals surface area contributed by atoms with E-state index in [0.717, 1.165) is 55.9 Å². The van der Waals surface area contributed by atoms with Crippen LogP contribution in [0, 0.1) is 13.5 Å². The summed E-state index contributed by atoms with van der Waals surface area (Å²) in [6, 6.07) is 20.0. The second-order valence-electron chi connectivity index (χ2n) is 9.07. The molecule has 0 aliphatic rings. The Morgan fingerprint density at radius 2 is 1.50 bits per heavy atom. The third-order valence-corrected chi connectivity index (χ3v) is 7.07. The molecule has 6 nitrogen and oxygen atoms in total. The van der Waals surface area contributed by atoms with Crippen LogP contribution in [-0.4, -0.2) is 24.2 Å². The Balaban J connectivity index is 1.57. The molecular weight excluding hydrogens is 496 g/mol. The summed E-state index contributed by atoms with van der Waals surface area (Å²) in [4.78, 5) is 13.8. The summed E-state index contributed by atoms with van der Waals surface area (Å²) in [5.41, 5.74) is 7.29. The molecule has 2 aromatic heterocycles. The predicted octanol–water partition coefficient (Wildman–Crippen LogP) is 7.97. The molecule has 190 valence electrons. The number of pyridine rings is 1. The molecule has 0 radical (unpaired) electrons. The fourth-order valence-corrected chi connectivity index (χ4v) is 4.90. The number of hydrogen-bond donors (Lipinski definition) is 1. The van der Waals surface area contributed by atoms with Gasteiger partial charge < -0.3 is 19.4 Å². The third kappa shape index (κ3) is 5.02. The zero-order chi connectivity index (χ0) is 26.6. The summed E-state index contributed by atoms with van der Waals surface area (Å²) < 4.78 is 10.7. The number of ether oxygens (including phenoxy) is 2. The number of H-pyrrole nitrogens is 1. The Bertz CT molecular complexity index is 1570. The molecule has 0 aliphatic heterocycles. The van der Waals surface area contributed by atoms with Crippen molar-refractivity contribution in [1.29, 1.82) is 0 Å². The van der Waals surface area contributed by atoms with Crippen molar-refractivity contribution in [2.45, 2.75) is 20.0 Å². The minimum Gasteiger partial charge on any atom is -0.497 e. The minimum absolute atomic E-state index is 0.605. The first-order valence-electron chi connectivity index (χ1n) is 12.1. The second kappa shape index (κ2) is 10.9. The van der Waals surface area contributed by atoms with Gasteiger partial charge in [-0.1, -0.05) is 35.9 Å². The summed E-state index contributed by atoms with van der Waals surface area (Å²) in [6.07, 6.45) is 5.52. The number of aromatic nitrogens is 2. The van der Waals surface area contributed by atoms with Gasteiger partial charge in [-0.05, 0) is 65.4 Å². The van der Waals surface area contributed by atoms with Crippen LogP contribution in [0.2, 0.25) is 5.02 Å². The topological polar surface area (TPSA) is 54.7 Å². The summed E-state index contributed by atoms with van der Waals surface area (Å²) in [7, 11) is 3.32. The normalized spacial score (nSPS) is 10.8. The number of fused-ring (bicyclic) bond motifs is 1. The SMILES string of the molecule is [C-]#[N+]c1cc2c(-c3cncc(N(Cc4ccc(OC)cc4)Cc4ccc(OC)cc4)c3Cl)c[nH]c2cc1C. The number of aryl methyl sites for hydroxylation is 1. The smallest absolute Gasteiger partial charge is 0.190 e. The molecule has 5 aromatic rings. The maximum atomic E-state index is 7.54. The highest BCUT2D eigenvalue weighted by Gasteiger charge is 2.19. The zero-order valence-corrected chi connectivity index (χ0v) is 22.2. The van der Waals surface area contributed by atoms with Crippen LogP contribution in [0.5, 0.6) is 11.5 Å². The molecule has 0 bridgehead atoms. The summed E-state index contributed by atoms with van der Waals surface area (Å²) in [5, 5.41) is 1.55. The monoisotopic (exact) mass is 522 g/mol. The van der Waals surface area contributed by atoms with E-state index in [9.17, 15) is 0 Å². The van der Waals surface area contributed by atoms with Gasteiger partial charge >= 0.3 is 0 Å². The largest absolute Gasteiger partial charge is 0.497 e. The molecule has 0 saturated heterocycles. The molecule has 3 aromatic carbocycles. The second-order valence-corrected chi connectivity index (χ2v) is 9.45. The summed E-state index contributed by atoms with van der Waals surface area (Å²) in [5.74, 6) is 1.62. The Labute approximate surface area is 227 Å². The van der Waals surface area contributed by atoms with E-state index < -0.39 is 0 Å². The summed E-state index contributed by atoms with van der Waals surface area (Å²) >= 11 is 7.13. The average molecular weight is 523 g/mol. The van der Waals surface area contributed by atoms with E-state index in [4.69, 9.17) is 27.6 Å². The van der Waals surface area contributed by atoms with Gasteiger partial charge in [-0.15, -0.1) is 0 Å². The minimum atomic E-state index is 0.605. The van der Waals surface area contributed by atoms with Gasteiger partial charge in [0.25, 0.3) is 0 Å². The average Bonchev–Trinajstić information content (AvgIpc) is 3.35. The molecule has 1 N–H and O–H groups in total. The number of nitrogens with one attached hydrogen (secondary N) is 1. The van der Waals surface area contributed by atoms with Crippen LogP contribution < -0.4 is 14.4 Å². The van der Waals surface area contributed by atoms with Crippen molar-refractivity contribution in [3.63, 3.8) is 0 Å². The van der Waals surface area contributed by atoms with Crippen LogP contribution >= 0.6 is 11.6 Å². The van der Waals surface area contributed by atoms with Crippen LogP contribution in [0.3, 0.4) is 0 Å². The number of methoxy groups -OCH3 is 2. The van der Waals surface area contributed by atoms with Gasteiger partial charge in [-0.2, -0.15) is 0 Å². The van der Waals surface area contributed by atoms with Crippen molar-refractivity contribution in [3.05, 3.63) is 112 Å². The number of anilines is 1. The molecule has 0 aliphatic carbocycles. The highest BCUT2D eigenvalue weighted by atomic mass is 35.5. The number of rotatable bonds is 8. The van der Waals surface area contributed by atoms with Crippen molar-refractivity contribution in [3.8, 4) is 22.6 Å². The van der Waals surface area contributed by atoms with E-state index in [1.165, 1.54) is 0 Å². The Kier molecular flexibility index (Phi) is 7.21. The molecule has 0 unspecified atom stereocenters. The quantitative estimate of drug-likeness (QED) is 0.210. The van der Waals surface area contributed by atoms with Crippen molar-refractivity contribution in [1.82, 2.24) is 9.97 Å². The molecule has 0 amide bonds. The molecule has 0 fully saturated rings. The van der Waals surface area contributed by atoms with Crippen LogP contribution in [0.1, 0.15) is 16.7 Å². The van der Waals surface area contributed by atoms with Crippen LogP contribution in [-0.2, 0) is 13.1 Å². The highest BCUT2D eigenvalue weighted by Crippen LogP contribution is 2.40. The number of nitrogens with zero attached hydrogens (tertiary/aromatic N) is 3. The number of halogens is 1. The lowest BCUT2D eigenvalue weighted by Crippen LogP contribution is -2.22. The third-order valence-electron chi connectivity index (χ3n) is 6.68. The van der Waals surface area contributed by atoms with E-state index in [-0.39, 0.29) is 0 Å². The van der Waals surface area contributed by atoms with Gasteiger partial charge in [0.15, 0.2) is 5.69 Å². The number of benzene rings is 3. The van der Waals surface area contributed by atoms with Gasteiger partial charge in [0.1, 0.15) is 11.5 Å². The fourth-order valence-electron chi connectivity index (χ4n) is 4.58. The van der Waals surface area contributed by atoms with E-state index in [0.29, 0.717) is 23.8 Å². The van der Waals surface area contributed by atoms with Crippen LogP contribution in [0.15, 0.2) is 79.3 Å². The maximum Gasteiger partial charge on any atom is 0.190 e. The van der Waals surface area contributed by atoms with E-state index in [2.05, 4.69) is 44.0 Å². The number of aromatic amines is 1. The zero-order valence-electron chi connectivity index (χ0n) is 21.5. The molecule has 0 spiro atoms. The number of hydrogen-bond acceptors (Lipinski definition) is 4. The van der Waals surface area contributed by atoms with Gasteiger partial charge in [0, 0.05) is 42.1 Å². The summed E-state index contributed by atoms with van der Waals surface area (Å²) in [6.45, 7) is 10.7. The van der Waals surface area contributed by atoms with Crippen molar-refractivity contribution in [2.75, 3.05) is 19.1 Å². The van der Waals surface area contributed by atoms with Gasteiger partial charge in [-0.25, -0.2) is 4.85 Å². The van der Waals surface area contributed by atoms with Crippen molar-refractivity contribution >= 4 is 33.9 Å². The highest BCUT2D eigenvalue weighted by molar-refractivity contribution is 6.36. The van der Waals surface area contributed by atoms with E-state index in [1.54, 1.807) is 20.4 Å². The predicted molar refractivity (Wildman–Crippen MR) is 153 cm³/mol. The van der Waals surface area contributed by atoms with E-state index in [1.807, 2.05) is 55.7 Å². The van der Waals surface area contributed by atoms with Gasteiger partial charge in [-0.3, -0.25) is 4.98 Å². The van der Waals surface area contributed by atoms with Crippen LogP contribution in [0.4, 0.5) is 11.4 Å². The van der Waals surface area contributed by atoms with Crippen LogP contribution in [0.25, 0.3) is 26.9 Å². The Morgan fingerprint density at radius 1 is 0.895 bits per heavy atom. The Hall–Kier alpha value is -4.47. The van der Waals surface area contributed by atoms with Crippen molar-refractivity contribution in [2.24, 2.45) is 0 Å². The lowest BCUT2D eigenvalue weighted by atomic mass is 10.0. The fraction of sp³-hybridized carbons (Fsp3) is 0.161. The molecule has 38 heavy (non-hydrogen) atoms. The lowest BCUT2D eigenvalue weighted by Gasteiger charge is -2.27. The molecule has 0 atom stereocenters. The standard InChI is InChI=1S/C31H27ClN4O2/c1-20-13-29-25(14-28(20)33-2)26(16-35-29)27-15-34-17-30(31(27)32)36(18-21-5-9-23(37-3)10-6-21)19-22-7-11-24(38-4)12-8-22/h5-17,35H,18-19H2,1,3-4H3. The molecule has 2 heterocycles. The Morgan fingerprint density at radius 3 is 2.05 bits per heavy atom. The molecule has 7 heteroatoms. The maximum absolute atomic E-state index is 7.54. The molecule has 5 rings (SSSR count). The molecule has 0 saturated carbocycles. The molecular formula is C31H27ClN4O2. The first-order chi connectivity index (χ1) is 18.5. The van der Waals surface area contributed by atoms with Gasteiger partial charge in [0.05, 0.1) is 37.7 Å². The first-order valence-corrected chi connectivity index (χ1v) is 12.5.